The molecular formula is C10H15Cl3N2O. The van der Waals surface area contributed by atoms with Crippen LogP contribution in [0.3, 0.4) is 0 Å². The highest BCUT2D eigenvalue weighted by Gasteiger charge is 2.40. The minimum Gasteiger partial charge on any atom is -0.350 e. The second-order valence-electron chi connectivity index (χ2n) is 4.69. The molecule has 92 valence electrons. The standard InChI is InChI=1S/C10H15Cl3N2O/c1-15-7-2-3-8(15)5-6(4-7)14-9(16)10(11,12)13/h6-8H,2-5H2,1H3,(H,14,16). The van der Waals surface area contributed by atoms with E-state index in [4.69, 9.17) is 34.8 Å². The lowest BCUT2D eigenvalue weighted by Gasteiger charge is -2.36. The molecule has 2 rings (SSSR count). The van der Waals surface area contributed by atoms with Gasteiger partial charge in [-0.15, -0.1) is 0 Å². The highest BCUT2D eigenvalue weighted by molar-refractivity contribution is 6.76. The summed E-state index contributed by atoms with van der Waals surface area (Å²) in [6.45, 7) is 0. The topological polar surface area (TPSA) is 32.3 Å². The van der Waals surface area contributed by atoms with E-state index in [2.05, 4.69) is 17.3 Å². The third-order valence-electron chi connectivity index (χ3n) is 3.69. The minimum atomic E-state index is -1.84. The van der Waals surface area contributed by atoms with Crippen molar-refractivity contribution in [2.75, 3.05) is 7.05 Å². The first kappa shape index (κ1) is 12.7. The molecule has 1 amide bonds. The molecule has 2 fully saturated rings. The largest absolute Gasteiger partial charge is 0.350 e. The molecule has 0 radical (unpaired) electrons. The van der Waals surface area contributed by atoms with Gasteiger partial charge in [-0.05, 0) is 32.7 Å². The zero-order valence-electron chi connectivity index (χ0n) is 9.05. The maximum absolute atomic E-state index is 11.5. The van der Waals surface area contributed by atoms with Crippen LogP contribution in [0.25, 0.3) is 0 Å². The van der Waals surface area contributed by atoms with Crippen LogP contribution in [-0.2, 0) is 4.79 Å². The van der Waals surface area contributed by atoms with Crippen molar-refractivity contribution in [1.29, 1.82) is 0 Å². The first-order valence-electron chi connectivity index (χ1n) is 5.47. The SMILES string of the molecule is CN1C2CCC1CC(NC(=O)C(Cl)(Cl)Cl)C2. The van der Waals surface area contributed by atoms with Gasteiger partial charge in [0.1, 0.15) is 0 Å². The van der Waals surface area contributed by atoms with Crippen LogP contribution in [0.15, 0.2) is 0 Å². The molecule has 2 aliphatic rings. The summed E-state index contributed by atoms with van der Waals surface area (Å²) in [4.78, 5) is 13.9. The van der Waals surface area contributed by atoms with Crippen LogP contribution in [0, 0.1) is 0 Å². The van der Waals surface area contributed by atoms with Gasteiger partial charge in [0.2, 0.25) is 0 Å². The van der Waals surface area contributed by atoms with E-state index < -0.39 is 9.70 Å². The molecule has 2 heterocycles. The fourth-order valence-electron chi connectivity index (χ4n) is 2.80. The van der Waals surface area contributed by atoms with Crippen molar-refractivity contribution in [3.63, 3.8) is 0 Å². The Morgan fingerprint density at radius 3 is 2.19 bits per heavy atom. The monoisotopic (exact) mass is 284 g/mol. The first-order chi connectivity index (χ1) is 7.38. The number of rotatable bonds is 1. The van der Waals surface area contributed by atoms with Crippen molar-refractivity contribution in [1.82, 2.24) is 10.2 Å². The number of piperidine rings is 1. The molecule has 0 aromatic rings. The van der Waals surface area contributed by atoms with Crippen molar-refractivity contribution in [2.45, 2.75) is 47.6 Å². The van der Waals surface area contributed by atoms with E-state index in [1.165, 1.54) is 12.8 Å². The number of hydrogen-bond acceptors (Lipinski definition) is 2. The molecule has 0 aromatic carbocycles. The molecule has 16 heavy (non-hydrogen) atoms. The second-order valence-corrected chi connectivity index (χ2v) is 6.97. The van der Waals surface area contributed by atoms with Crippen LogP contribution in [0.5, 0.6) is 0 Å². The molecule has 2 bridgehead atoms. The average molecular weight is 286 g/mol. The first-order valence-corrected chi connectivity index (χ1v) is 6.61. The molecule has 2 unspecified atom stereocenters. The Labute approximate surface area is 110 Å². The predicted octanol–water partition coefficient (Wildman–Crippen LogP) is 2.10. The van der Waals surface area contributed by atoms with E-state index in [1.54, 1.807) is 0 Å². The van der Waals surface area contributed by atoms with Gasteiger partial charge in [-0.1, -0.05) is 34.8 Å². The zero-order valence-corrected chi connectivity index (χ0v) is 11.3. The fourth-order valence-corrected chi connectivity index (χ4v) is 2.96. The van der Waals surface area contributed by atoms with Crippen molar-refractivity contribution < 1.29 is 4.79 Å². The lowest BCUT2D eigenvalue weighted by molar-refractivity contribution is -0.121. The molecule has 0 spiro atoms. The van der Waals surface area contributed by atoms with Gasteiger partial charge in [0.05, 0.1) is 0 Å². The Morgan fingerprint density at radius 2 is 1.75 bits per heavy atom. The molecule has 2 aliphatic heterocycles. The van der Waals surface area contributed by atoms with Gasteiger partial charge < -0.3 is 10.2 Å². The molecule has 0 saturated carbocycles. The van der Waals surface area contributed by atoms with E-state index in [-0.39, 0.29) is 6.04 Å². The summed E-state index contributed by atoms with van der Waals surface area (Å²) in [7, 11) is 2.15. The normalized spacial score (nSPS) is 35.1. The van der Waals surface area contributed by atoms with Crippen LogP contribution >= 0.6 is 34.8 Å². The third-order valence-corrected chi connectivity index (χ3v) is 4.21. The van der Waals surface area contributed by atoms with Crippen LogP contribution in [0.1, 0.15) is 25.7 Å². The van der Waals surface area contributed by atoms with Gasteiger partial charge in [-0.2, -0.15) is 0 Å². The number of halogens is 3. The molecule has 6 heteroatoms. The smallest absolute Gasteiger partial charge is 0.272 e. The highest BCUT2D eigenvalue weighted by atomic mass is 35.6. The summed E-state index contributed by atoms with van der Waals surface area (Å²) in [6, 6.07) is 1.29. The summed E-state index contributed by atoms with van der Waals surface area (Å²) in [5.41, 5.74) is 0. The number of carbonyl (C=O) groups excluding carboxylic acids is 1. The number of amides is 1. The van der Waals surface area contributed by atoms with Gasteiger partial charge in [0.15, 0.2) is 0 Å². The Hall–Kier alpha value is 0.300. The number of nitrogens with zero attached hydrogens (tertiary/aromatic N) is 1. The Bertz CT molecular complexity index is 278. The molecular weight excluding hydrogens is 270 g/mol. The van der Waals surface area contributed by atoms with Gasteiger partial charge in [-0.25, -0.2) is 0 Å². The Morgan fingerprint density at radius 1 is 1.25 bits per heavy atom. The van der Waals surface area contributed by atoms with Gasteiger partial charge in [0.25, 0.3) is 9.70 Å². The summed E-state index contributed by atoms with van der Waals surface area (Å²) >= 11 is 16.6. The lowest BCUT2D eigenvalue weighted by atomic mass is 9.98. The quantitative estimate of drug-likeness (QED) is 0.748. The van der Waals surface area contributed by atoms with E-state index in [0.717, 1.165) is 12.8 Å². The maximum Gasteiger partial charge on any atom is 0.272 e. The summed E-state index contributed by atoms with van der Waals surface area (Å²) < 4.78 is -1.84. The lowest BCUT2D eigenvalue weighted by Crippen LogP contribution is -2.50. The van der Waals surface area contributed by atoms with Crippen molar-refractivity contribution >= 4 is 40.7 Å². The second kappa shape index (κ2) is 4.52. The number of alkyl halides is 3. The van der Waals surface area contributed by atoms with Crippen LogP contribution < -0.4 is 5.32 Å². The van der Waals surface area contributed by atoms with Crippen molar-refractivity contribution in [3.05, 3.63) is 0 Å². The number of nitrogens with one attached hydrogen (secondary N) is 1. The van der Waals surface area contributed by atoms with E-state index in [9.17, 15) is 4.79 Å². The molecule has 3 nitrogen and oxygen atoms in total. The third kappa shape index (κ3) is 2.58. The predicted molar refractivity (Wildman–Crippen MR) is 66.0 cm³/mol. The van der Waals surface area contributed by atoms with E-state index in [0.29, 0.717) is 12.1 Å². The molecule has 1 N–H and O–H groups in total. The van der Waals surface area contributed by atoms with Crippen LogP contribution in [-0.4, -0.2) is 39.8 Å². The summed E-state index contributed by atoms with van der Waals surface area (Å²) in [5, 5.41) is 2.82. The van der Waals surface area contributed by atoms with Crippen molar-refractivity contribution in [3.8, 4) is 0 Å². The summed E-state index contributed by atoms with van der Waals surface area (Å²) in [5.74, 6) is -0.508. The highest BCUT2D eigenvalue weighted by Crippen LogP contribution is 2.35. The van der Waals surface area contributed by atoms with Crippen LogP contribution in [0.2, 0.25) is 0 Å². The van der Waals surface area contributed by atoms with Crippen LogP contribution in [0.4, 0.5) is 0 Å². The molecule has 0 aliphatic carbocycles. The van der Waals surface area contributed by atoms with Gasteiger partial charge >= 0.3 is 0 Å². The molecule has 2 saturated heterocycles. The number of hydrogen-bond donors (Lipinski definition) is 1. The van der Waals surface area contributed by atoms with E-state index in [1.807, 2.05) is 0 Å². The number of carbonyl (C=O) groups is 1. The maximum atomic E-state index is 11.5. The number of fused-ring (bicyclic) bond motifs is 2. The summed E-state index contributed by atoms with van der Waals surface area (Å²) in [6.07, 6.45) is 4.33. The van der Waals surface area contributed by atoms with Gasteiger partial charge in [0, 0.05) is 18.1 Å². The molecule has 2 atom stereocenters. The average Bonchev–Trinajstić information content (AvgIpc) is 2.41. The Balaban J connectivity index is 1.92. The fraction of sp³-hybridized carbons (Fsp3) is 0.900. The van der Waals surface area contributed by atoms with Crippen molar-refractivity contribution in [2.24, 2.45) is 0 Å². The molecule has 0 aromatic heterocycles. The zero-order chi connectivity index (χ0) is 11.9. The van der Waals surface area contributed by atoms with Gasteiger partial charge in [-0.3, -0.25) is 4.79 Å². The van der Waals surface area contributed by atoms with E-state index >= 15 is 0 Å². The Kier molecular flexibility index (Phi) is 3.60. The minimum absolute atomic E-state index is 0.150.